The van der Waals surface area contributed by atoms with Crippen molar-refractivity contribution < 1.29 is 5.11 Å². The first kappa shape index (κ1) is 9.41. The maximum atomic E-state index is 9.38. The van der Waals surface area contributed by atoms with E-state index >= 15 is 0 Å². The smallest absolute Gasteiger partial charge is 0.202 e. The molecule has 0 fully saturated rings. The molecule has 1 rings (SSSR count). The number of nitrogens with zero attached hydrogens (tertiary/aromatic N) is 2. The van der Waals surface area contributed by atoms with Gasteiger partial charge in [0.1, 0.15) is 5.82 Å². The molecular formula is C7H13N3OS. The van der Waals surface area contributed by atoms with Gasteiger partial charge in [0.25, 0.3) is 0 Å². The number of aromatic nitrogens is 2. The molecule has 0 aliphatic heterocycles. The van der Waals surface area contributed by atoms with Crippen LogP contribution in [0.1, 0.15) is 19.7 Å². The van der Waals surface area contributed by atoms with Crippen LogP contribution in [0.5, 0.6) is 0 Å². The van der Waals surface area contributed by atoms with Crippen molar-refractivity contribution in [1.29, 1.82) is 0 Å². The van der Waals surface area contributed by atoms with Crippen LogP contribution in [-0.2, 0) is 0 Å². The van der Waals surface area contributed by atoms with Crippen LogP contribution in [0.2, 0.25) is 0 Å². The van der Waals surface area contributed by atoms with E-state index in [0.29, 0.717) is 6.54 Å². The molecule has 12 heavy (non-hydrogen) atoms. The fraction of sp³-hybridized carbons (Fsp3) is 0.714. The van der Waals surface area contributed by atoms with Gasteiger partial charge in [0.05, 0.1) is 5.60 Å². The normalized spacial score (nSPS) is 11.7. The molecular weight excluding hydrogens is 174 g/mol. The Bertz CT molecular complexity index is 253. The number of rotatable bonds is 3. The third kappa shape index (κ3) is 3.15. The lowest BCUT2D eigenvalue weighted by Crippen LogP contribution is -2.29. The molecule has 0 aromatic carbocycles. The third-order valence-electron chi connectivity index (χ3n) is 1.20. The van der Waals surface area contributed by atoms with E-state index < -0.39 is 5.60 Å². The summed E-state index contributed by atoms with van der Waals surface area (Å²) in [6, 6.07) is 0. The maximum Gasteiger partial charge on any atom is 0.202 e. The van der Waals surface area contributed by atoms with E-state index in [0.717, 1.165) is 11.0 Å². The molecule has 1 heterocycles. The maximum absolute atomic E-state index is 9.38. The van der Waals surface area contributed by atoms with Crippen LogP contribution in [0.25, 0.3) is 0 Å². The number of anilines is 1. The van der Waals surface area contributed by atoms with Gasteiger partial charge in [-0.15, -0.1) is 0 Å². The SMILES string of the molecule is Cc1nsc(NCC(C)(C)O)n1. The van der Waals surface area contributed by atoms with Crippen LogP contribution in [0.15, 0.2) is 0 Å². The van der Waals surface area contributed by atoms with Crippen molar-refractivity contribution >= 4 is 16.7 Å². The number of hydrogen-bond donors (Lipinski definition) is 2. The first-order chi connectivity index (χ1) is 5.47. The Balaban J connectivity index is 2.44. The Kier molecular flexibility index (Phi) is 2.64. The fourth-order valence-electron chi connectivity index (χ4n) is 0.661. The average molecular weight is 187 g/mol. The summed E-state index contributed by atoms with van der Waals surface area (Å²) in [7, 11) is 0. The zero-order valence-electron chi connectivity index (χ0n) is 7.46. The van der Waals surface area contributed by atoms with Crippen molar-refractivity contribution in [2.24, 2.45) is 0 Å². The van der Waals surface area contributed by atoms with Gasteiger partial charge >= 0.3 is 0 Å². The van der Waals surface area contributed by atoms with E-state index in [1.165, 1.54) is 11.5 Å². The predicted octanol–water partition coefficient (Wildman–Crippen LogP) is 1.03. The highest BCUT2D eigenvalue weighted by Gasteiger charge is 2.12. The molecule has 0 bridgehead atoms. The average Bonchev–Trinajstić information content (AvgIpc) is 2.30. The van der Waals surface area contributed by atoms with Gasteiger partial charge in [-0.3, -0.25) is 0 Å². The van der Waals surface area contributed by atoms with Gasteiger partial charge in [0.15, 0.2) is 0 Å². The van der Waals surface area contributed by atoms with E-state index in [1.807, 2.05) is 6.92 Å². The molecule has 1 aromatic rings. The lowest BCUT2D eigenvalue weighted by molar-refractivity contribution is 0.0945. The number of aryl methyl sites for hydroxylation is 1. The second-order valence-electron chi connectivity index (χ2n) is 3.31. The van der Waals surface area contributed by atoms with Crippen molar-refractivity contribution in [3.63, 3.8) is 0 Å². The highest BCUT2D eigenvalue weighted by Crippen LogP contribution is 2.11. The zero-order valence-corrected chi connectivity index (χ0v) is 8.27. The van der Waals surface area contributed by atoms with Gasteiger partial charge in [-0.2, -0.15) is 4.37 Å². The summed E-state index contributed by atoms with van der Waals surface area (Å²) in [5.41, 5.74) is -0.709. The van der Waals surface area contributed by atoms with Crippen molar-refractivity contribution in [2.75, 3.05) is 11.9 Å². The van der Waals surface area contributed by atoms with E-state index in [4.69, 9.17) is 0 Å². The second-order valence-corrected chi connectivity index (χ2v) is 4.06. The van der Waals surface area contributed by atoms with Crippen LogP contribution >= 0.6 is 11.5 Å². The summed E-state index contributed by atoms with van der Waals surface area (Å²) >= 11 is 1.31. The number of nitrogens with one attached hydrogen (secondary N) is 1. The molecule has 68 valence electrons. The summed E-state index contributed by atoms with van der Waals surface area (Å²) in [5, 5.41) is 13.1. The highest BCUT2D eigenvalue weighted by molar-refractivity contribution is 7.09. The third-order valence-corrected chi connectivity index (χ3v) is 1.96. The molecule has 4 nitrogen and oxygen atoms in total. The van der Waals surface area contributed by atoms with Crippen LogP contribution in [0, 0.1) is 6.92 Å². The topological polar surface area (TPSA) is 58.0 Å². The van der Waals surface area contributed by atoms with Crippen LogP contribution < -0.4 is 5.32 Å². The summed E-state index contributed by atoms with van der Waals surface area (Å²) < 4.78 is 4.00. The minimum absolute atomic E-state index is 0.488. The Hall–Kier alpha value is -0.680. The Morgan fingerprint density at radius 3 is 2.67 bits per heavy atom. The quantitative estimate of drug-likeness (QED) is 0.742. The van der Waals surface area contributed by atoms with Crippen LogP contribution in [-0.4, -0.2) is 26.6 Å². The highest BCUT2D eigenvalue weighted by atomic mass is 32.1. The molecule has 0 spiro atoms. The first-order valence-corrected chi connectivity index (χ1v) is 4.51. The van der Waals surface area contributed by atoms with Crippen molar-refractivity contribution in [1.82, 2.24) is 9.36 Å². The molecule has 0 atom stereocenters. The molecule has 0 amide bonds. The van der Waals surface area contributed by atoms with Gasteiger partial charge in [0.2, 0.25) is 5.13 Å². The summed E-state index contributed by atoms with van der Waals surface area (Å²) in [6.45, 7) is 5.81. The molecule has 2 N–H and O–H groups in total. The summed E-state index contributed by atoms with van der Waals surface area (Å²) in [6.07, 6.45) is 0. The van der Waals surface area contributed by atoms with E-state index in [-0.39, 0.29) is 0 Å². The van der Waals surface area contributed by atoms with Crippen molar-refractivity contribution in [2.45, 2.75) is 26.4 Å². The lowest BCUT2D eigenvalue weighted by atomic mass is 10.1. The summed E-state index contributed by atoms with van der Waals surface area (Å²) in [5.74, 6) is 0.762. The van der Waals surface area contributed by atoms with Crippen molar-refractivity contribution in [3.8, 4) is 0 Å². The zero-order chi connectivity index (χ0) is 9.19. The first-order valence-electron chi connectivity index (χ1n) is 3.74. The van der Waals surface area contributed by atoms with Crippen molar-refractivity contribution in [3.05, 3.63) is 5.82 Å². The molecule has 0 aliphatic carbocycles. The van der Waals surface area contributed by atoms with E-state index in [9.17, 15) is 5.11 Å². The molecule has 1 aromatic heterocycles. The van der Waals surface area contributed by atoms with Gasteiger partial charge in [-0.1, -0.05) is 0 Å². The monoisotopic (exact) mass is 187 g/mol. The Labute approximate surface area is 75.8 Å². The molecule has 0 saturated heterocycles. The number of aliphatic hydroxyl groups is 1. The minimum Gasteiger partial charge on any atom is -0.389 e. The largest absolute Gasteiger partial charge is 0.389 e. The molecule has 0 unspecified atom stereocenters. The Morgan fingerprint density at radius 2 is 2.25 bits per heavy atom. The lowest BCUT2D eigenvalue weighted by Gasteiger charge is -2.16. The molecule has 0 saturated carbocycles. The van der Waals surface area contributed by atoms with Crippen LogP contribution in [0.4, 0.5) is 5.13 Å². The standard InChI is InChI=1S/C7H13N3OS/c1-5-9-6(12-10-5)8-4-7(2,3)11/h11H,4H2,1-3H3,(H,8,9,10). The van der Waals surface area contributed by atoms with Gasteiger partial charge in [0, 0.05) is 18.1 Å². The fourth-order valence-corrected chi connectivity index (χ4v) is 1.23. The second kappa shape index (κ2) is 3.37. The van der Waals surface area contributed by atoms with E-state index in [1.54, 1.807) is 13.8 Å². The van der Waals surface area contributed by atoms with Gasteiger partial charge < -0.3 is 10.4 Å². The van der Waals surface area contributed by atoms with Crippen LogP contribution in [0.3, 0.4) is 0 Å². The van der Waals surface area contributed by atoms with Gasteiger partial charge in [-0.25, -0.2) is 4.98 Å². The summed E-state index contributed by atoms with van der Waals surface area (Å²) in [4.78, 5) is 4.10. The predicted molar refractivity (Wildman–Crippen MR) is 49.4 cm³/mol. The van der Waals surface area contributed by atoms with E-state index in [2.05, 4.69) is 14.7 Å². The van der Waals surface area contributed by atoms with Gasteiger partial charge in [-0.05, 0) is 20.8 Å². The Morgan fingerprint density at radius 1 is 1.58 bits per heavy atom. The number of hydrogen-bond acceptors (Lipinski definition) is 5. The minimum atomic E-state index is -0.709. The molecule has 0 radical (unpaired) electrons. The molecule has 0 aliphatic rings. The molecule has 5 heteroatoms.